The van der Waals surface area contributed by atoms with Crippen LogP contribution in [-0.4, -0.2) is 43.0 Å². The van der Waals surface area contributed by atoms with Crippen molar-refractivity contribution >= 4 is 17.5 Å². The van der Waals surface area contributed by atoms with Crippen molar-refractivity contribution in [2.75, 3.05) is 31.6 Å². The maximum absolute atomic E-state index is 12.6. The number of amides is 2. The third-order valence-corrected chi connectivity index (χ3v) is 4.16. The molecule has 6 heteroatoms. The molecular weight excluding hydrogens is 282 g/mol. The number of morpholine rings is 1. The Kier molecular flexibility index (Phi) is 3.82. The van der Waals surface area contributed by atoms with E-state index >= 15 is 0 Å². The Bertz CT molecular complexity index is 623. The second kappa shape index (κ2) is 5.78. The molecule has 0 unspecified atom stereocenters. The highest BCUT2D eigenvalue weighted by Crippen LogP contribution is 2.48. The fraction of sp³-hybridized carbons (Fsp3) is 0.438. The van der Waals surface area contributed by atoms with E-state index in [2.05, 4.69) is 5.32 Å². The topological polar surface area (TPSA) is 82.4 Å². The molecule has 0 bridgehead atoms. The number of carbonyl (C=O) groups is 2. The smallest absolute Gasteiger partial charge is 0.240 e. The van der Waals surface area contributed by atoms with Gasteiger partial charge in [0.1, 0.15) is 5.41 Å². The number of hydrogen-bond acceptors (Lipinski definition) is 4. The fourth-order valence-electron chi connectivity index (χ4n) is 2.61. The maximum Gasteiger partial charge on any atom is 0.240 e. The van der Waals surface area contributed by atoms with E-state index in [0.717, 1.165) is 0 Å². The van der Waals surface area contributed by atoms with E-state index in [0.29, 0.717) is 50.4 Å². The zero-order valence-corrected chi connectivity index (χ0v) is 12.2. The second-order valence-corrected chi connectivity index (χ2v) is 5.63. The molecule has 0 radical (unpaired) electrons. The lowest BCUT2D eigenvalue weighted by Gasteiger charge is -2.30. The van der Waals surface area contributed by atoms with Crippen molar-refractivity contribution in [2.24, 2.45) is 5.41 Å². The number of nitrogens with zero attached hydrogens (tertiary/aromatic N) is 2. The van der Waals surface area contributed by atoms with E-state index in [1.807, 2.05) is 6.07 Å². The van der Waals surface area contributed by atoms with Crippen LogP contribution in [0.4, 0.5) is 5.69 Å². The zero-order valence-electron chi connectivity index (χ0n) is 12.2. The lowest BCUT2D eigenvalue weighted by Crippen LogP contribution is -2.47. The van der Waals surface area contributed by atoms with E-state index in [9.17, 15) is 9.59 Å². The Morgan fingerprint density at radius 2 is 1.82 bits per heavy atom. The summed E-state index contributed by atoms with van der Waals surface area (Å²) in [6, 6.07) is 8.65. The summed E-state index contributed by atoms with van der Waals surface area (Å²) < 4.78 is 5.24. The number of nitrogens with one attached hydrogen (secondary N) is 1. The predicted octanol–water partition coefficient (Wildman–Crippen LogP) is 1.14. The number of carbonyl (C=O) groups excluding carboxylic acids is 2. The quantitative estimate of drug-likeness (QED) is 0.848. The molecule has 1 aliphatic heterocycles. The first-order valence-corrected chi connectivity index (χ1v) is 7.34. The van der Waals surface area contributed by atoms with Gasteiger partial charge in [-0.2, -0.15) is 5.26 Å². The summed E-state index contributed by atoms with van der Waals surface area (Å²) >= 11 is 0. The van der Waals surface area contributed by atoms with E-state index in [1.165, 1.54) is 0 Å². The van der Waals surface area contributed by atoms with E-state index < -0.39 is 5.41 Å². The van der Waals surface area contributed by atoms with Crippen molar-refractivity contribution in [3.8, 4) is 6.07 Å². The maximum atomic E-state index is 12.6. The van der Waals surface area contributed by atoms with Crippen LogP contribution >= 0.6 is 0 Å². The zero-order chi connectivity index (χ0) is 15.6. The van der Waals surface area contributed by atoms with Crippen molar-refractivity contribution in [1.29, 1.82) is 5.26 Å². The average Bonchev–Trinajstić information content (AvgIpc) is 3.37. The van der Waals surface area contributed by atoms with Gasteiger partial charge >= 0.3 is 0 Å². The predicted molar refractivity (Wildman–Crippen MR) is 78.9 cm³/mol. The van der Waals surface area contributed by atoms with Crippen molar-refractivity contribution < 1.29 is 14.3 Å². The number of rotatable bonds is 3. The van der Waals surface area contributed by atoms with Crippen molar-refractivity contribution in [3.63, 3.8) is 0 Å². The lowest BCUT2D eigenvalue weighted by molar-refractivity contribution is -0.145. The molecular formula is C16H17N3O3. The van der Waals surface area contributed by atoms with Crippen LogP contribution in [0.3, 0.4) is 0 Å². The Labute approximate surface area is 128 Å². The lowest BCUT2D eigenvalue weighted by atomic mass is 10.0. The number of benzene rings is 1. The third-order valence-electron chi connectivity index (χ3n) is 4.16. The van der Waals surface area contributed by atoms with Gasteiger partial charge < -0.3 is 15.0 Å². The Morgan fingerprint density at radius 1 is 1.18 bits per heavy atom. The first kappa shape index (κ1) is 14.5. The van der Waals surface area contributed by atoms with E-state index in [-0.39, 0.29) is 11.8 Å². The summed E-state index contributed by atoms with van der Waals surface area (Å²) in [5, 5.41) is 11.6. The molecule has 114 valence electrons. The molecule has 1 saturated carbocycles. The van der Waals surface area contributed by atoms with Gasteiger partial charge in [0.05, 0.1) is 24.8 Å². The van der Waals surface area contributed by atoms with Crippen LogP contribution in [0.15, 0.2) is 24.3 Å². The van der Waals surface area contributed by atoms with E-state index in [4.69, 9.17) is 10.00 Å². The molecule has 22 heavy (non-hydrogen) atoms. The highest BCUT2D eigenvalue weighted by Gasteiger charge is 2.58. The number of nitriles is 1. The monoisotopic (exact) mass is 299 g/mol. The summed E-state index contributed by atoms with van der Waals surface area (Å²) in [7, 11) is 0. The molecule has 1 saturated heterocycles. The molecule has 1 aromatic carbocycles. The average molecular weight is 299 g/mol. The second-order valence-electron chi connectivity index (χ2n) is 5.63. The van der Waals surface area contributed by atoms with Crippen LogP contribution in [0.5, 0.6) is 0 Å². The van der Waals surface area contributed by atoms with Gasteiger partial charge in [0.25, 0.3) is 0 Å². The van der Waals surface area contributed by atoms with Gasteiger partial charge in [0, 0.05) is 18.8 Å². The molecule has 0 aromatic heterocycles. The Morgan fingerprint density at radius 3 is 2.36 bits per heavy atom. The van der Waals surface area contributed by atoms with Crippen LogP contribution in [-0.2, 0) is 14.3 Å². The molecule has 1 N–H and O–H groups in total. The minimum atomic E-state index is -0.911. The van der Waals surface area contributed by atoms with Gasteiger partial charge in [-0.05, 0) is 37.1 Å². The normalized spacial score (nSPS) is 19.1. The van der Waals surface area contributed by atoms with Gasteiger partial charge in [-0.3, -0.25) is 9.59 Å². The molecule has 0 atom stereocenters. The first-order chi connectivity index (χ1) is 10.7. The van der Waals surface area contributed by atoms with Gasteiger partial charge in [-0.15, -0.1) is 0 Å². The van der Waals surface area contributed by atoms with Crippen molar-refractivity contribution in [1.82, 2.24) is 4.90 Å². The highest BCUT2D eigenvalue weighted by atomic mass is 16.5. The molecule has 2 amide bonds. The first-order valence-electron chi connectivity index (χ1n) is 7.34. The minimum absolute atomic E-state index is 0.0954. The third kappa shape index (κ3) is 2.68. The summed E-state index contributed by atoms with van der Waals surface area (Å²) in [5.74, 6) is -0.351. The van der Waals surface area contributed by atoms with E-state index in [1.54, 1.807) is 29.2 Å². The number of ether oxygens (including phenoxy) is 1. The van der Waals surface area contributed by atoms with Crippen LogP contribution in [0.2, 0.25) is 0 Å². The molecule has 0 spiro atoms. The van der Waals surface area contributed by atoms with Crippen molar-refractivity contribution in [3.05, 3.63) is 29.8 Å². The standard InChI is InChI=1S/C16H17N3O3/c17-11-12-1-3-13(4-2-12)18-14(20)16(5-6-16)15(21)19-7-9-22-10-8-19/h1-4H,5-10H2,(H,18,20). The van der Waals surface area contributed by atoms with Gasteiger partial charge in [0.15, 0.2) is 0 Å². The molecule has 1 aromatic rings. The van der Waals surface area contributed by atoms with Crippen LogP contribution in [0, 0.1) is 16.7 Å². The molecule has 1 aliphatic carbocycles. The molecule has 2 fully saturated rings. The largest absolute Gasteiger partial charge is 0.378 e. The Hall–Kier alpha value is -2.39. The number of anilines is 1. The van der Waals surface area contributed by atoms with Crippen LogP contribution in [0.1, 0.15) is 18.4 Å². The minimum Gasteiger partial charge on any atom is -0.378 e. The summed E-state index contributed by atoms with van der Waals surface area (Å²) in [4.78, 5) is 26.8. The SMILES string of the molecule is N#Cc1ccc(NC(=O)C2(C(=O)N3CCOCC3)CC2)cc1. The Balaban J connectivity index is 1.68. The van der Waals surface area contributed by atoms with Gasteiger partial charge in [-0.25, -0.2) is 0 Å². The van der Waals surface area contributed by atoms with Crippen LogP contribution < -0.4 is 5.32 Å². The molecule has 6 nitrogen and oxygen atoms in total. The molecule has 3 rings (SSSR count). The molecule has 1 heterocycles. The summed E-state index contributed by atoms with van der Waals surface area (Å²) in [5.41, 5.74) is 0.221. The van der Waals surface area contributed by atoms with Crippen molar-refractivity contribution in [2.45, 2.75) is 12.8 Å². The van der Waals surface area contributed by atoms with Crippen LogP contribution in [0.25, 0.3) is 0 Å². The molecule has 2 aliphatic rings. The summed E-state index contributed by atoms with van der Waals surface area (Å²) in [6.07, 6.45) is 1.18. The van der Waals surface area contributed by atoms with Gasteiger partial charge in [0.2, 0.25) is 11.8 Å². The fourth-order valence-corrected chi connectivity index (χ4v) is 2.61. The number of hydrogen-bond donors (Lipinski definition) is 1. The summed E-state index contributed by atoms with van der Waals surface area (Å²) in [6.45, 7) is 2.15. The van der Waals surface area contributed by atoms with Gasteiger partial charge in [-0.1, -0.05) is 0 Å². The highest BCUT2D eigenvalue weighted by molar-refractivity contribution is 6.13.